The molecule has 3 nitrogen and oxygen atoms in total. The number of fused-ring (bicyclic) bond motifs is 3. The molecule has 3 aromatic rings. The monoisotopic (exact) mass is 400 g/mol. The fourth-order valence-electron chi connectivity index (χ4n) is 2.68. The van der Waals surface area contributed by atoms with Crippen molar-refractivity contribution >= 4 is 27.3 Å². The Bertz CT molecular complexity index is 901. The van der Waals surface area contributed by atoms with Crippen LogP contribution in [0.25, 0.3) is 21.0 Å². The van der Waals surface area contributed by atoms with E-state index in [4.69, 9.17) is 0 Å². The molecular weight excluding hydrogens is 393 g/mol. The number of aryl methyl sites for hydroxylation is 2. The van der Waals surface area contributed by atoms with E-state index in [1.807, 2.05) is 18.2 Å². The topological polar surface area (TPSA) is 38.9 Å². The van der Waals surface area contributed by atoms with Crippen molar-refractivity contribution < 1.29 is 17.7 Å². The lowest BCUT2D eigenvalue weighted by atomic mass is 9.94. The summed E-state index contributed by atoms with van der Waals surface area (Å²) in [4.78, 5) is 5.32. The number of hydrogen-bond donors (Lipinski definition) is 0. The lowest BCUT2D eigenvalue weighted by molar-refractivity contribution is -0.142. The molecule has 4 rings (SSSR count). The zero-order valence-corrected chi connectivity index (χ0v) is 13.8. The fourth-order valence-corrected chi connectivity index (χ4v) is 4.27. The van der Waals surface area contributed by atoms with Gasteiger partial charge in [-0.3, -0.25) is 0 Å². The minimum absolute atomic E-state index is 0.101. The Labute approximate surface area is 141 Å². The maximum atomic E-state index is 13.0. The first-order valence-corrected chi connectivity index (χ1v) is 8.35. The average molecular weight is 401 g/mol. The van der Waals surface area contributed by atoms with Gasteiger partial charge in [0.15, 0.2) is 5.69 Å². The van der Waals surface area contributed by atoms with Crippen LogP contribution in [0, 0.1) is 0 Å². The van der Waals surface area contributed by atoms with Gasteiger partial charge < -0.3 is 4.52 Å². The lowest BCUT2D eigenvalue weighted by Gasteiger charge is -2.14. The molecule has 0 radical (unpaired) electrons. The lowest BCUT2D eigenvalue weighted by Crippen LogP contribution is -2.07. The highest BCUT2D eigenvalue weighted by atomic mass is 79.9. The largest absolute Gasteiger partial charge is 0.437 e. The second-order valence-corrected chi connectivity index (χ2v) is 7.09. The van der Waals surface area contributed by atoms with E-state index in [9.17, 15) is 13.2 Å². The normalized spacial score (nSPS) is 13.7. The Morgan fingerprint density at radius 3 is 2.78 bits per heavy atom. The average Bonchev–Trinajstić information content (AvgIpc) is 3.12. The van der Waals surface area contributed by atoms with Gasteiger partial charge in [-0.05, 0) is 36.1 Å². The molecule has 0 atom stereocenters. The van der Waals surface area contributed by atoms with Gasteiger partial charge in [0.2, 0.25) is 0 Å². The zero-order chi connectivity index (χ0) is 16.2. The zero-order valence-electron chi connectivity index (χ0n) is 11.4. The van der Waals surface area contributed by atoms with Gasteiger partial charge in [0.1, 0.15) is 11.3 Å². The summed E-state index contributed by atoms with van der Waals surface area (Å²) in [6.07, 6.45) is -2.02. The molecule has 1 aliphatic carbocycles. The van der Waals surface area contributed by atoms with E-state index >= 15 is 0 Å². The number of benzene rings is 1. The van der Waals surface area contributed by atoms with Gasteiger partial charge in [0, 0.05) is 4.47 Å². The predicted octanol–water partition coefficient (Wildman–Crippen LogP) is 5.35. The number of hydrogen-bond acceptors (Lipinski definition) is 4. The van der Waals surface area contributed by atoms with E-state index in [1.165, 1.54) is 16.9 Å². The maximum absolute atomic E-state index is 13.0. The molecule has 2 heterocycles. The van der Waals surface area contributed by atoms with Crippen LogP contribution >= 0.6 is 27.3 Å². The van der Waals surface area contributed by atoms with E-state index < -0.39 is 11.9 Å². The third kappa shape index (κ3) is 2.49. The van der Waals surface area contributed by atoms with Crippen LogP contribution in [0.4, 0.5) is 13.2 Å². The molecule has 23 heavy (non-hydrogen) atoms. The summed E-state index contributed by atoms with van der Waals surface area (Å²) in [7, 11) is 0. The van der Waals surface area contributed by atoms with E-state index in [2.05, 4.69) is 30.6 Å². The summed E-state index contributed by atoms with van der Waals surface area (Å²) < 4.78 is 44.5. The Balaban J connectivity index is 1.84. The van der Waals surface area contributed by atoms with Crippen molar-refractivity contribution in [1.82, 2.24) is 10.1 Å². The second-order valence-electron chi connectivity index (χ2n) is 5.17. The summed E-state index contributed by atoms with van der Waals surface area (Å²) in [6.45, 7) is 0. The molecule has 0 amide bonds. The molecule has 8 heteroatoms. The molecular formula is C15H8BrF3N2OS. The Morgan fingerprint density at radius 1 is 1.17 bits per heavy atom. The van der Waals surface area contributed by atoms with Gasteiger partial charge >= 0.3 is 6.18 Å². The van der Waals surface area contributed by atoms with Crippen LogP contribution in [0.3, 0.4) is 0 Å². The summed E-state index contributed by atoms with van der Waals surface area (Å²) in [6, 6.07) is 5.93. The number of aromatic nitrogens is 2. The highest BCUT2D eigenvalue weighted by Crippen LogP contribution is 2.44. The summed E-state index contributed by atoms with van der Waals surface area (Å²) in [5.41, 5.74) is 1.90. The molecule has 0 N–H and O–H groups in total. The van der Waals surface area contributed by atoms with Gasteiger partial charge in [-0.25, -0.2) is 4.98 Å². The number of alkyl halides is 3. The Hall–Kier alpha value is -1.67. The van der Waals surface area contributed by atoms with Crippen LogP contribution in [0.2, 0.25) is 0 Å². The smallest absolute Gasteiger partial charge is 0.363 e. The van der Waals surface area contributed by atoms with Crippen LogP contribution in [0.1, 0.15) is 17.0 Å². The third-order valence-corrected chi connectivity index (χ3v) is 5.37. The summed E-state index contributed by atoms with van der Waals surface area (Å²) >= 11 is 4.69. The third-order valence-electron chi connectivity index (χ3n) is 3.71. The number of halogens is 4. The van der Waals surface area contributed by atoms with E-state index in [0.717, 1.165) is 33.3 Å². The number of thiazole rings is 1. The van der Waals surface area contributed by atoms with Crippen molar-refractivity contribution in [3.63, 3.8) is 0 Å². The van der Waals surface area contributed by atoms with Crippen molar-refractivity contribution in [2.75, 3.05) is 0 Å². The van der Waals surface area contributed by atoms with Crippen molar-refractivity contribution in [2.24, 2.45) is 0 Å². The van der Waals surface area contributed by atoms with E-state index in [0.29, 0.717) is 11.4 Å². The molecule has 118 valence electrons. The fraction of sp³-hybridized carbons (Fsp3) is 0.200. The van der Waals surface area contributed by atoms with Gasteiger partial charge in [-0.15, -0.1) is 11.3 Å². The van der Waals surface area contributed by atoms with Crippen molar-refractivity contribution in [1.29, 1.82) is 0 Å². The quantitative estimate of drug-likeness (QED) is 0.552. The second kappa shape index (κ2) is 5.17. The first-order valence-electron chi connectivity index (χ1n) is 6.74. The van der Waals surface area contributed by atoms with E-state index in [1.54, 1.807) is 0 Å². The Kier molecular flexibility index (Phi) is 3.35. The predicted molar refractivity (Wildman–Crippen MR) is 83.2 cm³/mol. The maximum Gasteiger partial charge on any atom is 0.437 e. The molecule has 0 aliphatic heterocycles. The molecule has 1 aliphatic rings. The van der Waals surface area contributed by atoms with Crippen LogP contribution in [-0.2, 0) is 19.0 Å². The summed E-state index contributed by atoms with van der Waals surface area (Å²) in [5, 5.41) is 3.38. The van der Waals surface area contributed by atoms with Crippen LogP contribution in [0.5, 0.6) is 0 Å². The number of nitrogens with zero attached hydrogens (tertiary/aromatic N) is 2. The highest BCUT2D eigenvalue weighted by molar-refractivity contribution is 9.10. The standard InChI is InChI=1S/C15H8BrF3N2OS/c16-8-2-3-9-7(5-8)1-4-11-12(9)23-14(20-11)10-6-22-21-13(10)15(17,18)19/h2-3,5-6H,1,4H2. The molecule has 2 aromatic heterocycles. The Morgan fingerprint density at radius 2 is 2.00 bits per heavy atom. The van der Waals surface area contributed by atoms with Gasteiger partial charge in [0.25, 0.3) is 0 Å². The van der Waals surface area contributed by atoms with E-state index in [-0.39, 0.29) is 5.56 Å². The minimum Gasteiger partial charge on any atom is -0.363 e. The SMILES string of the molecule is FC(F)(F)c1nocc1-c1nc2c(s1)-c1ccc(Br)cc1CC2. The van der Waals surface area contributed by atoms with Crippen LogP contribution in [-0.4, -0.2) is 10.1 Å². The molecule has 0 fully saturated rings. The number of rotatable bonds is 1. The molecule has 0 bridgehead atoms. The van der Waals surface area contributed by atoms with Crippen molar-refractivity contribution in [3.8, 4) is 21.0 Å². The summed E-state index contributed by atoms with van der Waals surface area (Å²) in [5.74, 6) is 0. The molecule has 0 unspecified atom stereocenters. The molecule has 1 aromatic carbocycles. The first kappa shape index (κ1) is 14.9. The molecule has 0 spiro atoms. The molecule has 0 saturated carbocycles. The van der Waals surface area contributed by atoms with Crippen LogP contribution < -0.4 is 0 Å². The minimum atomic E-state index is -4.56. The van der Waals surface area contributed by atoms with Gasteiger partial charge in [-0.1, -0.05) is 27.2 Å². The first-order chi connectivity index (χ1) is 10.9. The van der Waals surface area contributed by atoms with Gasteiger partial charge in [-0.2, -0.15) is 13.2 Å². The van der Waals surface area contributed by atoms with Crippen LogP contribution in [0.15, 0.2) is 33.5 Å². The van der Waals surface area contributed by atoms with Crippen molar-refractivity contribution in [2.45, 2.75) is 19.0 Å². The van der Waals surface area contributed by atoms with Gasteiger partial charge in [0.05, 0.1) is 16.1 Å². The highest BCUT2D eigenvalue weighted by Gasteiger charge is 2.39. The van der Waals surface area contributed by atoms with Crippen molar-refractivity contribution in [3.05, 3.63) is 45.9 Å². The molecule has 0 saturated heterocycles.